The van der Waals surface area contributed by atoms with E-state index in [2.05, 4.69) is 37.8 Å². The Balaban J connectivity index is 1.40. The van der Waals surface area contributed by atoms with Gasteiger partial charge in [-0.2, -0.15) is 10.4 Å². The fourth-order valence-corrected chi connectivity index (χ4v) is 5.05. The second-order valence-corrected chi connectivity index (χ2v) is 10.8. The van der Waals surface area contributed by atoms with E-state index in [1.807, 2.05) is 36.5 Å². The van der Waals surface area contributed by atoms with Crippen molar-refractivity contribution in [3.63, 3.8) is 0 Å². The van der Waals surface area contributed by atoms with Crippen LogP contribution in [0.4, 0.5) is 10.1 Å². The fourth-order valence-electron chi connectivity index (χ4n) is 5.05. The highest BCUT2D eigenvalue weighted by atomic mass is 19.1. The first kappa shape index (κ1) is 27.2. The maximum absolute atomic E-state index is 14.4. The van der Waals surface area contributed by atoms with Crippen LogP contribution in [0.25, 0.3) is 16.9 Å². The minimum absolute atomic E-state index is 0.132. The van der Waals surface area contributed by atoms with E-state index in [9.17, 15) is 19.6 Å². The average molecular weight is 542 g/mol. The Kier molecular flexibility index (Phi) is 7.76. The monoisotopic (exact) mass is 541 g/mol. The summed E-state index contributed by atoms with van der Waals surface area (Å²) in [7, 11) is 0. The number of aromatic nitrogens is 4. The normalized spacial score (nSPS) is 18.2. The Morgan fingerprint density at radius 1 is 1.18 bits per heavy atom. The van der Waals surface area contributed by atoms with Crippen molar-refractivity contribution in [2.45, 2.75) is 63.3 Å². The smallest absolute Gasteiger partial charge is 0.255 e. The predicted molar refractivity (Wildman–Crippen MR) is 150 cm³/mol. The van der Waals surface area contributed by atoms with Gasteiger partial charge in [0.15, 0.2) is 0 Å². The summed E-state index contributed by atoms with van der Waals surface area (Å²) in [6.07, 6.45) is 6.91. The lowest BCUT2D eigenvalue weighted by Crippen LogP contribution is -2.42. The van der Waals surface area contributed by atoms with Crippen LogP contribution >= 0.6 is 0 Å². The molecule has 1 saturated carbocycles. The number of hydrogen-bond donors (Lipinski definition) is 3. The maximum atomic E-state index is 14.4. The topological polar surface area (TPSA) is 128 Å². The zero-order valence-electron chi connectivity index (χ0n) is 22.5. The van der Waals surface area contributed by atoms with Gasteiger partial charge in [0.25, 0.3) is 5.91 Å². The van der Waals surface area contributed by atoms with Gasteiger partial charge in [-0.3, -0.25) is 14.8 Å². The number of pyridine rings is 2. The molecule has 1 amide bonds. The maximum Gasteiger partial charge on any atom is 0.255 e. The highest BCUT2D eigenvalue weighted by Gasteiger charge is 2.28. The Labute approximate surface area is 232 Å². The molecule has 5 rings (SSSR count). The molecule has 0 aromatic carbocycles. The van der Waals surface area contributed by atoms with E-state index in [1.54, 1.807) is 10.6 Å². The molecular formula is C30H32FN7O2. The molecule has 0 spiro atoms. The quantitative estimate of drug-likeness (QED) is 0.296. The minimum atomic E-state index is -1.63. The number of amides is 1. The summed E-state index contributed by atoms with van der Waals surface area (Å²) in [6, 6.07) is 15.5. The molecule has 1 fully saturated rings. The second kappa shape index (κ2) is 11.4. The molecular weight excluding hydrogens is 509 g/mol. The van der Waals surface area contributed by atoms with Crippen molar-refractivity contribution in [2.75, 3.05) is 11.9 Å². The summed E-state index contributed by atoms with van der Waals surface area (Å²) in [6.45, 7) is 2.40. The molecule has 1 aliphatic rings. The van der Waals surface area contributed by atoms with E-state index in [0.29, 0.717) is 34.1 Å². The summed E-state index contributed by atoms with van der Waals surface area (Å²) < 4.78 is 16.1. The van der Waals surface area contributed by atoms with Gasteiger partial charge in [-0.1, -0.05) is 6.07 Å². The van der Waals surface area contributed by atoms with Gasteiger partial charge in [-0.25, -0.2) is 8.91 Å². The Morgan fingerprint density at radius 3 is 2.67 bits per heavy atom. The largest absolute Gasteiger partial charge is 0.387 e. The van der Waals surface area contributed by atoms with Gasteiger partial charge in [0.05, 0.1) is 52.1 Å². The van der Waals surface area contributed by atoms with Crippen LogP contribution in [0.15, 0.2) is 61.1 Å². The summed E-state index contributed by atoms with van der Waals surface area (Å²) in [5.41, 5.74) is 2.92. The summed E-state index contributed by atoms with van der Waals surface area (Å²) >= 11 is 0. The van der Waals surface area contributed by atoms with Crippen molar-refractivity contribution >= 4 is 17.1 Å². The fraction of sp³-hybridized carbons (Fsp3) is 0.367. The lowest BCUT2D eigenvalue weighted by Gasteiger charge is -2.30. The van der Waals surface area contributed by atoms with Gasteiger partial charge in [0.1, 0.15) is 12.2 Å². The number of hydrogen-bond acceptors (Lipinski definition) is 7. The number of fused-ring (bicyclic) bond motifs is 1. The van der Waals surface area contributed by atoms with Crippen LogP contribution < -0.4 is 10.6 Å². The van der Waals surface area contributed by atoms with Crippen LogP contribution in [0.2, 0.25) is 0 Å². The molecule has 0 bridgehead atoms. The number of alkyl halides is 1. The number of carbonyl (C=O) groups is 1. The van der Waals surface area contributed by atoms with Crippen LogP contribution in [0.1, 0.15) is 67.1 Å². The Hall–Kier alpha value is -4.36. The van der Waals surface area contributed by atoms with E-state index in [-0.39, 0.29) is 12.6 Å². The van der Waals surface area contributed by atoms with Crippen molar-refractivity contribution in [1.29, 1.82) is 5.26 Å². The number of nitrogens with zero attached hydrogens (tertiary/aromatic N) is 5. The summed E-state index contributed by atoms with van der Waals surface area (Å²) in [4.78, 5) is 22.2. The third-order valence-electron chi connectivity index (χ3n) is 7.44. The van der Waals surface area contributed by atoms with Gasteiger partial charge in [-0.05, 0) is 75.9 Å². The second-order valence-electron chi connectivity index (χ2n) is 10.8. The lowest BCUT2D eigenvalue weighted by atomic mass is 9.83. The molecule has 4 aromatic rings. The molecule has 9 nitrogen and oxygen atoms in total. The molecule has 3 N–H and O–H groups in total. The number of halogens is 1. The highest BCUT2D eigenvalue weighted by molar-refractivity contribution is 6.00. The van der Waals surface area contributed by atoms with Gasteiger partial charge in [0.2, 0.25) is 0 Å². The number of nitrogens with one attached hydrogen (secondary N) is 2. The molecule has 0 saturated heterocycles. The first-order valence-corrected chi connectivity index (χ1v) is 13.4. The van der Waals surface area contributed by atoms with Gasteiger partial charge in [-0.15, -0.1) is 0 Å². The molecule has 1 aliphatic carbocycles. The van der Waals surface area contributed by atoms with Crippen molar-refractivity contribution in [2.24, 2.45) is 0 Å². The van der Waals surface area contributed by atoms with E-state index in [1.165, 1.54) is 26.2 Å². The molecule has 4 heterocycles. The highest BCUT2D eigenvalue weighted by Crippen LogP contribution is 2.34. The summed E-state index contributed by atoms with van der Waals surface area (Å²) in [5, 5.41) is 29.7. The van der Waals surface area contributed by atoms with E-state index in [4.69, 9.17) is 0 Å². The van der Waals surface area contributed by atoms with Gasteiger partial charge >= 0.3 is 0 Å². The molecule has 1 atom stereocenters. The lowest BCUT2D eigenvalue weighted by molar-refractivity contribution is -0.00177. The predicted octanol–water partition coefficient (Wildman–Crippen LogP) is 4.64. The van der Waals surface area contributed by atoms with E-state index >= 15 is 0 Å². The minimum Gasteiger partial charge on any atom is -0.387 e. The first-order valence-electron chi connectivity index (χ1n) is 13.4. The standard InChI is InChI=1S/C30H32FN7O2/c1-30(2,40)28(31)18-35-29(39)23-17-34-26(27-11-10-22-13-19(15-32)16-36-38(22)27)14-25(23)37-21-8-6-20(7-9-21)24-5-3-4-12-33-24/h3-5,10-14,16-17,20-21,28,40H,6-9,18H2,1-2H3,(H,34,37)(H,35,39)/t20?,21?,28-/m1/s1. The Bertz CT molecular complexity index is 1530. The van der Waals surface area contributed by atoms with Crippen molar-refractivity contribution in [3.8, 4) is 17.5 Å². The number of carbonyl (C=O) groups excluding carboxylic acids is 1. The van der Waals surface area contributed by atoms with Crippen molar-refractivity contribution in [1.82, 2.24) is 24.9 Å². The van der Waals surface area contributed by atoms with Crippen LogP contribution in [0, 0.1) is 11.3 Å². The molecule has 0 aliphatic heterocycles. The average Bonchev–Trinajstić information content (AvgIpc) is 3.39. The summed E-state index contributed by atoms with van der Waals surface area (Å²) in [5.74, 6) is -0.0813. The van der Waals surface area contributed by atoms with Gasteiger partial charge in [0, 0.05) is 30.0 Å². The van der Waals surface area contributed by atoms with Crippen molar-refractivity contribution < 1.29 is 14.3 Å². The first-order chi connectivity index (χ1) is 19.2. The SMILES string of the molecule is CC(C)(O)[C@H](F)CNC(=O)c1cnc(-c2ccc3cc(C#N)cnn23)cc1NC1CCC(c2ccccn2)CC1. The number of rotatable bonds is 8. The van der Waals surface area contributed by atoms with Crippen LogP contribution in [-0.2, 0) is 0 Å². The van der Waals surface area contributed by atoms with Crippen LogP contribution in [0.3, 0.4) is 0 Å². The molecule has 0 radical (unpaired) electrons. The molecule has 10 heteroatoms. The zero-order valence-corrected chi connectivity index (χ0v) is 22.5. The molecule has 40 heavy (non-hydrogen) atoms. The number of nitriles is 1. The molecule has 206 valence electrons. The molecule has 0 unspecified atom stereocenters. The van der Waals surface area contributed by atoms with E-state index in [0.717, 1.165) is 36.9 Å². The van der Waals surface area contributed by atoms with E-state index < -0.39 is 17.7 Å². The zero-order chi connectivity index (χ0) is 28.3. The van der Waals surface area contributed by atoms with Crippen molar-refractivity contribution in [3.05, 3.63) is 77.9 Å². The molecule has 4 aromatic heterocycles. The number of anilines is 1. The third kappa shape index (κ3) is 5.95. The Morgan fingerprint density at radius 2 is 1.98 bits per heavy atom. The van der Waals surface area contributed by atoms with Gasteiger partial charge < -0.3 is 15.7 Å². The number of aliphatic hydroxyl groups is 1. The van der Waals surface area contributed by atoms with Crippen LogP contribution in [0.5, 0.6) is 0 Å². The van der Waals surface area contributed by atoms with Crippen LogP contribution in [-0.4, -0.2) is 55.0 Å². The third-order valence-corrected chi connectivity index (χ3v) is 7.44.